The third-order valence-corrected chi connectivity index (χ3v) is 4.79. The van der Waals surface area contributed by atoms with Crippen LogP contribution in [-0.2, 0) is 9.53 Å². The van der Waals surface area contributed by atoms with Crippen LogP contribution in [0, 0.1) is 20.2 Å². The van der Waals surface area contributed by atoms with Crippen LogP contribution >= 0.6 is 11.6 Å². The zero-order valence-corrected chi connectivity index (χ0v) is 17.3. The van der Waals surface area contributed by atoms with E-state index in [4.69, 9.17) is 21.1 Å². The first-order valence-corrected chi connectivity index (χ1v) is 9.68. The molecule has 0 amide bonds. The van der Waals surface area contributed by atoms with E-state index in [1.165, 1.54) is 12.1 Å². The molecule has 0 fully saturated rings. The average molecular weight is 466 g/mol. The number of carbonyl (C=O) groups excluding carboxylic acids is 1. The summed E-state index contributed by atoms with van der Waals surface area (Å²) in [4.78, 5) is 37.1. The minimum atomic E-state index is -0.770. The van der Waals surface area contributed by atoms with E-state index in [1.807, 2.05) is 0 Å². The summed E-state index contributed by atoms with van der Waals surface area (Å²) in [6.45, 7) is 0. The molecule has 0 aliphatic carbocycles. The van der Waals surface area contributed by atoms with Crippen molar-refractivity contribution >= 4 is 40.9 Å². The molecule has 0 saturated carbocycles. The van der Waals surface area contributed by atoms with Gasteiger partial charge in [-0.05, 0) is 42.0 Å². The molecule has 0 atom stereocenters. The second kappa shape index (κ2) is 8.89. The molecule has 1 aliphatic heterocycles. The second-order valence-corrected chi connectivity index (χ2v) is 7.06. The van der Waals surface area contributed by atoms with Gasteiger partial charge in [0.05, 0.1) is 26.5 Å². The van der Waals surface area contributed by atoms with Gasteiger partial charge >= 0.3 is 11.7 Å². The molecule has 0 aromatic heterocycles. The average Bonchev–Trinajstić information content (AvgIpc) is 3.14. The summed E-state index contributed by atoms with van der Waals surface area (Å²) in [6, 6.07) is 16.2. The number of halogens is 1. The van der Waals surface area contributed by atoms with Gasteiger partial charge < -0.3 is 9.47 Å². The molecule has 0 N–H and O–H groups in total. The molecule has 164 valence electrons. The summed E-state index contributed by atoms with van der Waals surface area (Å²) in [7, 11) is 0. The molecule has 0 unspecified atom stereocenters. The number of non-ortho nitro benzene ring substituents is 1. The Hall–Kier alpha value is -4.57. The molecule has 11 heteroatoms. The summed E-state index contributed by atoms with van der Waals surface area (Å²) in [5.74, 6) is -0.550. The monoisotopic (exact) mass is 465 g/mol. The van der Waals surface area contributed by atoms with Crippen molar-refractivity contribution < 1.29 is 24.1 Å². The van der Waals surface area contributed by atoms with Crippen LogP contribution < -0.4 is 4.74 Å². The molecular formula is C22H12ClN3O7. The van der Waals surface area contributed by atoms with Gasteiger partial charge in [0, 0.05) is 6.07 Å². The van der Waals surface area contributed by atoms with E-state index in [2.05, 4.69) is 4.99 Å². The zero-order valence-electron chi connectivity index (χ0n) is 16.5. The lowest BCUT2D eigenvalue weighted by atomic mass is 10.2. The van der Waals surface area contributed by atoms with E-state index in [0.717, 1.165) is 18.2 Å². The van der Waals surface area contributed by atoms with Gasteiger partial charge in [-0.1, -0.05) is 35.9 Å². The normalized spacial score (nSPS) is 14.0. The van der Waals surface area contributed by atoms with Crippen LogP contribution in [0.4, 0.5) is 11.4 Å². The quantitative estimate of drug-likeness (QED) is 0.209. The SMILES string of the molecule is O=C1OC(c2ccccc2Cl)=NC1=Cc1cccc(Oc2ccc([N+](=O)[O-])cc2[N+](=O)[O-])c1. The highest BCUT2D eigenvalue weighted by molar-refractivity contribution is 6.34. The molecule has 33 heavy (non-hydrogen) atoms. The number of aliphatic imine (C=N–C) groups is 1. The van der Waals surface area contributed by atoms with Crippen LogP contribution in [0.2, 0.25) is 5.02 Å². The number of nitro groups is 2. The van der Waals surface area contributed by atoms with Gasteiger partial charge in [0.2, 0.25) is 11.6 Å². The number of benzene rings is 3. The Bertz CT molecular complexity index is 1370. The number of cyclic esters (lactones) is 1. The van der Waals surface area contributed by atoms with Crippen molar-refractivity contribution in [2.45, 2.75) is 0 Å². The summed E-state index contributed by atoms with van der Waals surface area (Å²) >= 11 is 6.13. The van der Waals surface area contributed by atoms with Crippen molar-refractivity contribution in [1.29, 1.82) is 0 Å². The lowest BCUT2D eigenvalue weighted by Gasteiger charge is -2.07. The van der Waals surface area contributed by atoms with E-state index in [9.17, 15) is 25.0 Å². The topological polar surface area (TPSA) is 134 Å². The van der Waals surface area contributed by atoms with Gasteiger partial charge in [0.1, 0.15) is 5.75 Å². The number of hydrogen-bond acceptors (Lipinski definition) is 8. The molecule has 0 radical (unpaired) electrons. The number of nitrogens with zero attached hydrogens (tertiary/aromatic N) is 3. The van der Waals surface area contributed by atoms with Crippen molar-refractivity contribution in [3.63, 3.8) is 0 Å². The number of esters is 1. The number of carbonyl (C=O) groups is 1. The van der Waals surface area contributed by atoms with Crippen LogP contribution in [-0.4, -0.2) is 21.7 Å². The summed E-state index contributed by atoms with van der Waals surface area (Å²) in [6.07, 6.45) is 1.46. The van der Waals surface area contributed by atoms with E-state index >= 15 is 0 Å². The van der Waals surface area contributed by atoms with Crippen molar-refractivity contribution in [2.24, 2.45) is 4.99 Å². The Kier molecular flexibility index (Phi) is 5.83. The molecule has 3 aromatic rings. The molecule has 1 heterocycles. The van der Waals surface area contributed by atoms with E-state index in [-0.39, 0.29) is 23.1 Å². The largest absolute Gasteiger partial charge is 0.450 e. The zero-order chi connectivity index (χ0) is 23.5. The fourth-order valence-electron chi connectivity index (χ4n) is 2.96. The summed E-state index contributed by atoms with van der Waals surface area (Å²) in [5.41, 5.74) is 0.0239. The first-order chi connectivity index (χ1) is 15.8. The molecule has 0 saturated heterocycles. The summed E-state index contributed by atoms with van der Waals surface area (Å²) < 4.78 is 10.8. The molecule has 4 rings (SSSR count). The van der Waals surface area contributed by atoms with Gasteiger partial charge in [0.25, 0.3) is 5.69 Å². The molecule has 0 bridgehead atoms. The molecule has 3 aromatic carbocycles. The van der Waals surface area contributed by atoms with Gasteiger partial charge in [0.15, 0.2) is 5.70 Å². The van der Waals surface area contributed by atoms with Gasteiger partial charge in [-0.3, -0.25) is 20.2 Å². The maximum absolute atomic E-state index is 12.2. The standard InChI is InChI=1S/C22H12ClN3O7/c23-17-7-2-1-6-16(17)21-24-18(22(27)33-21)11-13-4-3-5-15(10-13)32-20-9-8-14(25(28)29)12-19(20)26(30)31/h1-12H. The third kappa shape index (κ3) is 4.70. The van der Waals surface area contributed by atoms with E-state index in [0.29, 0.717) is 16.1 Å². The third-order valence-electron chi connectivity index (χ3n) is 4.46. The highest BCUT2D eigenvalue weighted by Gasteiger charge is 2.25. The highest BCUT2D eigenvalue weighted by atomic mass is 35.5. The number of nitro benzene ring substituents is 2. The predicted octanol–water partition coefficient (Wildman–Crippen LogP) is 5.29. The maximum Gasteiger partial charge on any atom is 0.363 e. The summed E-state index contributed by atoms with van der Waals surface area (Å²) in [5, 5.41) is 22.6. The Labute approximate surface area is 190 Å². The smallest absolute Gasteiger partial charge is 0.363 e. The Balaban J connectivity index is 1.62. The van der Waals surface area contributed by atoms with Crippen molar-refractivity contribution in [1.82, 2.24) is 0 Å². The van der Waals surface area contributed by atoms with Crippen molar-refractivity contribution in [3.8, 4) is 11.5 Å². The van der Waals surface area contributed by atoms with Crippen molar-refractivity contribution in [2.75, 3.05) is 0 Å². The predicted molar refractivity (Wildman–Crippen MR) is 118 cm³/mol. The number of rotatable bonds is 6. The fraction of sp³-hybridized carbons (Fsp3) is 0. The highest BCUT2D eigenvalue weighted by Crippen LogP contribution is 2.35. The maximum atomic E-state index is 12.2. The van der Waals surface area contributed by atoms with Gasteiger partial charge in [-0.2, -0.15) is 0 Å². The molecule has 10 nitrogen and oxygen atoms in total. The molecular weight excluding hydrogens is 454 g/mol. The second-order valence-electron chi connectivity index (χ2n) is 6.66. The lowest BCUT2D eigenvalue weighted by molar-refractivity contribution is -0.394. The van der Waals surface area contributed by atoms with E-state index < -0.39 is 27.2 Å². The lowest BCUT2D eigenvalue weighted by Crippen LogP contribution is -2.05. The Morgan fingerprint density at radius 2 is 1.76 bits per heavy atom. The number of hydrogen-bond donors (Lipinski definition) is 0. The first-order valence-electron chi connectivity index (χ1n) is 9.30. The van der Waals surface area contributed by atoms with Crippen LogP contribution in [0.3, 0.4) is 0 Å². The van der Waals surface area contributed by atoms with Crippen LogP contribution in [0.5, 0.6) is 11.5 Å². The van der Waals surface area contributed by atoms with Crippen LogP contribution in [0.15, 0.2) is 77.4 Å². The minimum absolute atomic E-state index is 0.0309. The fourth-order valence-corrected chi connectivity index (χ4v) is 3.18. The Morgan fingerprint density at radius 3 is 2.48 bits per heavy atom. The van der Waals surface area contributed by atoms with Crippen molar-refractivity contribution in [3.05, 3.63) is 109 Å². The molecule has 0 spiro atoms. The minimum Gasteiger partial charge on any atom is -0.450 e. The number of ether oxygens (including phenoxy) is 2. The van der Waals surface area contributed by atoms with Gasteiger partial charge in [-0.25, -0.2) is 9.79 Å². The van der Waals surface area contributed by atoms with Crippen LogP contribution in [0.25, 0.3) is 6.08 Å². The van der Waals surface area contributed by atoms with Gasteiger partial charge in [-0.15, -0.1) is 0 Å². The first kappa shape index (κ1) is 21.7. The van der Waals surface area contributed by atoms with Crippen LogP contribution in [0.1, 0.15) is 11.1 Å². The van der Waals surface area contributed by atoms with E-state index in [1.54, 1.807) is 42.5 Å². The molecule has 1 aliphatic rings. The Morgan fingerprint density at radius 1 is 0.970 bits per heavy atom.